The van der Waals surface area contributed by atoms with Crippen molar-refractivity contribution in [2.24, 2.45) is 11.8 Å². The van der Waals surface area contributed by atoms with E-state index in [1.54, 1.807) is 24.3 Å². The Morgan fingerprint density at radius 2 is 2.03 bits per heavy atom. The van der Waals surface area contributed by atoms with Gasteiger partial charge in [0.05, 0.1) is 6.10 Å². The highest BCUT2D eigenvalue weighted by Crippen LogP contribution is 2.35. The Labute approximate surface area is 202 Å². The second-order valence-electron chi connectivity index (χ2n) is 9.36. The molecule has 2 aromatic rings. The maximum absolute atomic E-state index is 14.5. The van der Waals surface area contributed by atoms with Gasteiger partial charge in [0.1, 0.15) is 11.6 Å². The lowest BCUT2D eigenvalue weighted by Gasteiger charge is -2.18. The van der Waals surface area contributed by atoms with Crippen molar-refractivity contribution in [1.82, 2.24) is 0 Å². The van der Waals surface area contributed by atoms with Gasteiger partial charge in [-0.3, -0.25) is 4.79 Å². The SMILES string of the molecule is CCCC(O)c1cc(-c2ccc(C)cc2F)ccc1OC(=O)CCCCC(C)C1CCSC1. The highest BCUT2D eigenvalue weighted by atomic mass is 32.2. The molecule has 0 aromatic heterocycles. The first-order valence-electron chi connectivity index (χ1n) is 12.3. The molecule has 1 saturated heterocycles. The number of hydrogen-bond acceptors (Lipinski definition) is 4. The molecule has 0 radical (unpaired) electrons. The minimum absolute atomic E-state index is 0.279. The van der Waals surface area contributed by atoms with E-state index in [4.69, 9.17) is 4.74 Å². The summed E-state index contributed by atoms with van der Waals surface area (Å²) in [5.41, 5.74) is 2.52. The molecule has 1 fully saturated rings. The third kappa shape index (κ3) is 7.31. The number of esters is 1. The average molecular weight is 473 g/mol. The van der Waals surface area contributed by atoms with Gasteiger partial charge in [-0.1, -0.05) is 51.3 Å². The van der Waals surface area contributed by atoms with Crippen molar-refractivity contribution >= 4 is 17.7 Å². The first-order valence-corrected chi connectivity index (χ1v) is 13.4. The quantitative estimate of drug-likeness (QED) is 0.209. The number of hydrogen-bond donors (Lipinski definition) is 1. The number of carbonyl (C=O) groups is 1. The number of benzene rings is 2. The summed E-state index contributed by atoms with van der Waals surface area (Å²) in [4.78, 5) is 12.5. The predicted molar refractivity (Wildman–Crippen MR) is 135 cm³/mol. The zero-order valence-corrected chi connectivity index (χ0v) is 20.9. The topological polar surface area (TPSA) is 46.5 Å². The largest absolute Gasteiger partial charge is 0.426 e. The lowest BCUT2D eigenvalue weighted by atomic mass is 9.89. The van der Waals surface area contributed by atoms with Gasteiger partial charge in [-0.15, -0.1) is 0 Å². The summed E-state index contributed by atoms with van der Waals surface area (Å²) in [7, 11) is 0. The Morgan fingerprint density at radius 1 is 1.21 bits per heavy atom. The Kier molecular flexibility index (Phi) is 9.81. The standard InChI is InChI=1S/C28H37FO3S/c1-4-7-26(30)24-17-21(23-12-10-19(2)16-25(23)29)11-13-27(24)32-28(31)9-6-5-8-20(3)22-14-15-33-18-22/h10-13,16-17,20,22,26,30H,4-9,14-15,18H2,1-3H3. The van der Waals surface area contributed by atoms with Crippen molar-refractivity contribution in [2.45, 2.75) is 71.8 Å². The smallest absolute Gasteiger partial charge is 0.311 e. The first-order chi connectivity index (χ1) is 15.9. The number of halogens is 1. The van der Waals surface area contributed by atoms with Gasteiger partial charge in [0.25, 0.3) is 0 Å². The lowest BCUT2D eigenvalue weighted by molar-refractivity contribution is -0.134. The van der Waals surface area contributed by atoms with E-state index in [0.717, 1.165) is 37.2 Å². The molecular weight excluding hydrogens is 435 g/mol. The lowest BCUT2D eigenvalue weighted by Crippen LogP contribution is -2.12. The summed E-state index contributed by atoms with van der Waals surface area (Å²) in [6, 6.07) is 10.3. The number of aryl methyl sites for hydroxylation is 1. The maximum atomic E-state index is 14.5. The molecule has 180 valence electrons. The Hall–Kier alpha value is -1.85. The van der Waals surface area contributed by atoms with Crippen LogP contribution in [-0.4, -0.2) is 22.6 Å². The fourth-order valence-electron chi connectivity index (χ4n) is 4.50. The maximum Gasteiger partial charge on any atom is 0.311 e. The summed E-state index contributed by atoms with van der Waals surface area (Å²) in [5.74, 6) is 3.87. The van der Waals surface area contributed by atoms with Crippen LogP contribution in [-0.2, 0) is 4.79 Å². The van der Waals surface area contributed by atoms with Crippen LogP contribution in [0.25, 0.3) is 11.1 Å². The molecule has 3 nitrogen and oxygen atoms in total. The van der Waals surface area contributed by atoms with Crippen LogP contribution in [0.4, 0.5) is 4.39 Å². The number of aliphatic hydroxyl groups excluding tert-OH is 1. The van der Waals surface area contributed by atoms with Gasteiger partial charge < -0.3 is 9.84 Å². The van der Waals surface area contributed by atoms with Crippen LogP contribution in [0.3, 0.4) is 0 Å². The summed E-state index contributed by atoms with van der Waals surface area (Å²) in [6.45, 7) is 6.17. The van der Waals surface area contributed by atoms with Crippen molar-refractivity contribution in [3.05, 3.63) is 53.3 Å². The third-order valence-electron chi connectivity index (χ3n) is 6.65. The molecular formula is C28H37FO3S. The van der Waals surface area contributed by atoms with Crippen molar-refractivity contribution in [2.75, 3.05) is 11.5 Å². The molecule has 3 atom stereocenters. The van der Waals surface area contributed by atoms with Crippen molar-refractivity contribution < 1.29 is 19.0 Å². The average Bonchev–Trinajstić information content (AvgIpc) is 3.32. The van der Waals surface area contributed by atoms with Crippen molar-refractivity contribution in [3.63, 3.8) is 0 Å². The van der Waals surface area contributed by atoms with Crippen LogP contribution < -0.4 is 4.74 Å². The van der Waals surface area contributed by atoms with Gasteiger partial charge in [-0.2, -0.15) is 11.8 Å². The van der Waals surface area contributed by atoms with E-state index in [2.05, 4.69) is 6.92 Å². The van der Waals surface area contributed by atoms with Crippen LogP contribution in [0.1, 0.15) is 76.0 Å². The van der Waals surface area contributed by atoms with Crippen LogP contribution in [0.15, 0.2) is 36.4 Å². The molecule has 0 aliphatic carbocycles. The van der Waals surface area contributed by atoms with E-state index >= 15 is 0 Å². The molecule has 1 heterocycles. The summed E-state index contributed by atoms with van der Waals surface area (Å²) >= 11 is 2.05. The van der Waals surface area contributed by atoms with Gasteiger partial charge in [0.15, 0.2) is 0 Å². The van der Waals surface area contributed by atoms with Crippen molar-refractivity contribution in [3.8, 4) is 16.9 Å². The van der Waals surface area contributed by atoms with Crippen molar-refractivity contribution in [1.29, 1.82) is 0 Å². The number of carbonyl (C=O) groups excluding carboxylic acids is 1. The normalized spacial score (nSPS) is 17.7. The Bertz CT molecular complexity index is 923. The number of ether oxygens (including phenoxy) is 1. The summed E-state index contributed by atoms with van der Waals surface area (Å²) in [6.07, 6.45) is 5.23. The zero-order valence-electron chi connectivity index (χ0n) is 20.1. The molecule has 2 aromatic carbocycles. The molecule has 0 saturated carbocycles. The van der Waals surface area contributed by atoms with E-state index in [1.807, 2.05) is 31.7 Å². The number of unbranched alkanes of at least 4 members (excludes halogenated alkanes) is 1. The molecule has 3 unspecified atom stereocenters. The zero-order chi connectivity index (χ0) is 23.8. The van der Waals surface area contributed by atoms with Crippen LogP contribution in [0.2, 0.25) is 0 Å². The van der Waals surface area contributed by atoms with Gasteiger partial charge in [0, 0.05) is 17.5 Å². The molecule has 0 spiro atoms. The van der Waals surface area contributed by atoms with E-state index in [9.17, 15) is 14.3 Å². The number of thioether (sulfide) groups is 1. The first kappa shape index (κ1) is 25.8. The fourth-order valence-corrected chi connectivity index (χ4v) is 5.93. The van der Waals surface area contributed by atoms with Crippen LogP contribution >= 0.6 is 11.8 Å². The highest BCUT2D eigenvalue weighted by molar-refractivity contribution is 7.99. The molecule has 0 amide bonds. The van der Waals surface area contributed by atoms with E-state index in [-0.39, 0.29) is 11.8 Å². The predicted octanol–water partition coefficient (Wildman–Crippen LogP) is 7.49. The van der Waals surface area contributed by atoms with Gasteiger partial charge >= 0.3 is 5.97 Å². The third-order valence-corrected chi connectivity index (χ3v) is 7.84. The van der Waals surface area contributed by atoms with E-state index in [1.165, 1.54) is 24.0 Å². The van der Waals surface area contributed by atoms with Gasteiger partial charge in [0.2, 0.25) is 0 Å². The molecule has 1 aliphatic heterocycles. The monoisotopic (exact) mass is 472 g/mol. The minimum Gasteiger partial charge on any atom is -0.426 e. The summed E-state index contributed by atoms with van der Waals surface area (Å²) < 4.78 is 20.2. The molecule has 5 heteroatoms. The Morgan fingerprint density at radius 3 is 2.73 bits per heavy atom. The number of aliphatic hydroxyl groups is 1. The molecule has 33 heavy (non-hydrogen) atoms. The minimum atomic E-state index is -0.767. The molecule has 0 bridgehead atoms. The molecule has 1 N–H and O–H groups in total. The molecule has 3 rings (SSSR count). The second-order valence-corrected chi connectivity index (χ2v) is 10.5. The second kappa shape index (κ2) is 12.6. The van der Waals surface area contributed by atoms with Crippen LogP contribution in [0.5, 0.6) is 5.75 Å². The Balaban J connectivity index is 1.63. The van der Waals surface area contributed by atoms with E-state index < -0.39 is 6.10 Å². The molecule has 1 aliphatic rings. The fraction of sp³-hybridized carbons (Fsp3) is 0.536. The number of rotatable bonds is 11. The van der Waals surface area contributed by atoms with E-state index in [0.29, 0.717) is 41.2 Å². The van der Waals surface area contributed by atoms with Gasteiger partial charge in [-0.05, 0) is 78.9 Å². The van der Waals surface area contributed by atoms with Gasteiger partial charge in [-0.25, -0.2) is 4.39 Å². The van der Waals surface area contributed by atoms with Crippen LogP contribution in [0, 0.1) is 24.6 Å². The highest BCUT2D eigenvalue weighted by Gasteiger charge is 2.22. The summed E-state index contributed by atoms with van der Waals surface area (Å²) in [5, 5.41) is 10.7.